The molecule has 1 aliphatic heterocycles. The topological polar surface area (TPSA) is 66.5 Å². The van der Waals surface area contributed by atoms with E-state index in [1.165, 1.54) is 14.8 Å². The van der Waals surface area contributed by atoms with Gasteiger partial charge in [0, 0.05) is 29.4 Å². The number of hydrogen-bond donors (Lipinski definition) is 1. The van der Waals surface area contributed by atoms with Crippen LogP contribution in [0.1, 0.15) is 36.0 Å². The summed E-state index contributed by atoms with van der Waals surface area (Å²) in [6.45, 7) is 2.74. The molecule has 7 heteroatoms. The lowest BCUT2D eigenvalue weighted by Crippen LogP contribution is -2.44. The number of carbonyl (C=O) groups excluding carboxylic acids is 1. The molecule has 4 rings (SSSR count). The first-order valence-electron chi connectivity index (χ1n) is 12.5. The van der Waals surface area contributed by atoms with Crippen LogP contribution in [0.5, 0.6) is 0 Å². The van der Waals surface area contributed by atoms with Crippen molar-refractivity contribution in [2.45, 2.75) is 43.3 Å². The molecule has 1 saturated heterocycles. The highest BCUT2D eigenvalue weighted by Gasteiger charge is 2.32. The number of nitrogens with one attached hydrogen (secondary N) is 1. The summed E-state index contributed by atoms with van der Waals surface area (Å²) in [7, 11) is -3.38. The molecule has 36 heavy (non-hydrogen) atoms. The molecule has 1 fully saturated rings. The number of piperidine rings is 1. The van der Waals surface area contributed by atoms with Gasteiger partial charge in [-0.3, -0.25) is 4.79 Å². The van der Waals surface area contributed by atoms with Crippen molar-refractivity contribution >= 4 is 33.4 Å². The third kappa shape index (κ3) is 7.45. The molecule has 0 aromatic heterocycles. The maximum atomic E-state index is 13.1. The quantitative estimate of drug-likeness (QED) is 0.337. The maximum Gasteiger partial charge on any atom is 0.228 e. The van der Waals surface area contributed by atoms with Crippen molar-refractivity contribution in [3.05, 3.63) is 95.6 Å². The monoisotopic (exact) mass is 522 g/mol. The van der Waals surface area contributed by atoms with Gasteiger partial charge in [0.2, 0.25) is 15.9 Å². The van der Waals surface area contributed by atoms with Gasteiger partial charge in [0.25, 0.3) is 0 Å². The van der Waals surface area contributed by atoms with E-state index in [1.54, 1.807) is 11.8 Å². The van der Waals surface area contributed by atoms with Crippen LogP contribution in [0, 0.1) is 12.8 Å². The van der Waals surface area contributed by atoms with E-state index < -0.39 is 10.0 Å². The number of carbonyl (C=O) groups is 1. The Morgan fingerprint density at radius 3 is 2.44 bits per heavy atom. The average molecular weight is 523 g/mol. The minimum absolute atomic E-state index is 0.103. The van der Waals surface area contributed by atoms with Crippen LogP contribution in [-0.2, 0) is 27.0 Å². The van der Waals surface area contributed by atoms with Crippen molar-refractivity contribution in [1.29, 1.82) is 0 Å². The zero-order valence-corrected chi connectivity index (χ0v) is 22.4. The molecule has 1 N–H and O–H groups in total. The van der Waals surface area contributed by atoms with Gasteiger partial charge < -0.3 is 5.32 Å². The Labute approximate surface area is 219 Å². The van der Waals surface area contributed by atoms with Gasteiger partial charge in [-0.2, -0.15) is 0 Å². The number of sulfonamides is 1. The summed E-state index contributed by atoms with van der Waals surface area (Å²) in [5, 5.41) is 3.05. The molecule has 1 aliphatic rings. The van der Waals surface area contributed by atoms with Gasteiger partial charge in [-0.05, 0) is 67.5 Å². The Morgan fingerprint density at radius 2 is 1.72 bits per heavy atom. The van der Waals surface area contributed by atoms with E-state index in [0.717, 1.165) is 29.0 Å². The lowest BCUT2D eigenvalue weighted by molar-refractivity contribution is -0.120. The van der Waals surface area contributed by atoms with Crippen molar-refractivity contribution in [3.8, 4) is 0 Å². The molecule has 3 aromatic carbocycles. The van der Waals surface area contributed by atoms with Gasteiger partial charge in [-0.1, -0.05) is 60.7 Å². The molecule has 0 radical (unpaired) electrons. The Balaban J connectivity index is 1.29. The van der Waals surface area contributed by atoms with Crippen LogP contribution in [0.3, 0.4) is 0 Å². The summed E-state index contributed by atoms with van der Waals surface area (Å²) in [5.74, 6) is 0.528. The number of anilines is 1. The van der Waals surface area contributed by atoms with Crippen LogP contribution < -0.4 is 5.32 Å². The Kier molecular flexibility index (Phi) is 9.24. The third-order valence-corrected chi connectivity index (χ3v) is 9.56. The third-order valence-electron chi connectivity index (χ3n) is 6.56. The predicted molar refractivity (Wildman–Crippen MR) is 149 cm³/mol. The average Bonchev–Trinajstić information content (AvgIpc) is 2.90. The summed E-state index contributed by atoms with van der Waals surface area (Å²) in [6, 6.07) is 26.3. The van der Waals surface area contributed by atoms with Gasteiger partial charge in [-0.25, -0.2) is 12.7 Å². The van der Waals surface area contributed by atoms with Crippen molar-refractivity contribution in [2.24, 2.45) is 5.92 Å². The number of hydrogen-bond acceptors (Lipinski definition) is 4. The van der Waals surface area contributed by atoms with Crippen LogP contribution in [0.2, 0.25) is 0 Å². The fourth-order valence-corrected chi connectivity index (χ4v) is 6.96. The van der Waals surface area contributed by atoms with Crippen LogP contribution >= 0.6 is 11.8 Å². The SMILES string of the molecule is Cc1cc(CSc2ccccc2)ccc1NC(=O)C1CCCN(S(=O)(=O)CCCc2ccccc2)C1. The van der Waals surface area contributed by atoms with Gasteiger partial charge in [-0.15, -0.1) is 11.8 Å². The molecule has 0 spiro atoms. The highest BCUT2D eigenvalue weighted by Crippen LogP contribution is 2.26. The molecule has 3 aromatic rings. The molecule has 0 saturated carbocycles. The summed E-state index contributed by atoms with van der Waals surface area (Å²) in [6.07, 6.45) is 2.71. The fraction of sp³-hybridized carbons (Fsp3) is 0.345. The first-order chi connectivity index (χ1) is 17.4. The number of rotatable bonds is 10. The zero-order chi connectivity index (χ0) is 25.4. The first-order valence-corrected chi connectivity index (χ1v) is 15.1. The summed E-state index contributed by atoms with van der Waals surface area (Å²) in [5.41, 5.74) is 4.14. The van der Waals surface area contributed by atoms with Gasteiger partial charge in [0.05, 0.1) is 11.7 Å². The summed E-state index contributed by atoms with van der Waals surface area (Å²) < 4.78 is 27.4. The van der Waals surface area contributed by atoms with Crippen LogP contribution in [0.4, 0.5) is 5.69 Å². The Morgan fingerprint density at radius 1 is 1.00 bits per heavy atom. The molecule has 1 heterocycles. The van der Waals surface area contributed by atoms with Crippen molar-refractivity contribution < 1.29 is 13.2 Å². The minimum Gasteiger partial charge on any atom is -0.326 e. The van der Waals surface area contributed by atoms with E-state index in [2.05, 4.69) is 23.5 Å². The minimum atomic E-state index is -3.38. The van der Waals surface area contributed by atoms with E-state index in [4.69, 9.17) is 0 Å². The lowest BCUT2D eigenvalue weighted by atomic mass is 9.98. The van der Waals surface area contributed by atoms with Crippen molar-refractivity contribution in [2.75, 3.05) is 24.2 Å². The molecule has 5 nitrogen and oxygen atoms in total. The number of thioether (sulfide) groups is 1. The van der Waals surface area contributed by atoms with Crippen molar-refractivity contribution in [1.82, 2.24) is 4.31 Å². The largest absolute Gasteiger partial charge is 0.326 e. The molecule has 1 unspecified atom stereocenters. The second-order valence-corrected chi connectivity index (χ2v) is 12.5. The van der Waals surface area contributed by atoms with Gasteiger partial charge in [0.15, 0.2) is 0 Å². The molecule has 0 bridgehead atoms. The van der Waals surface area contributed by atoms with E-state index in [1.807, 2.05) is 67.6 Å². The highest BCUT2D eigenvalue weighted by atomic mass is 32.2. The number of nitrogens with zero attached hydrogens (tertiary/aromatic N) is 1. The zero-order valence-electron chi connectivity index (χ0n) is 20.7. The second-order valence-electron chi connectivity index (χ2n) is 9.34. The molecule has 1 atom stereocenters. The van der Waals surface area contributed by atoms with Gasteiger partial charge >= 0.3 is 0 Å². The lowest BCUT2D eigenvalue weighted by Gasteiger charge is -2.31. The van der Waals surface area contributed by atoms with E-state index in [0.29, 0.717) is 25.8 Å². The van der Waals surface area contributed by atoms with Gasteiger partial charge in [0.1, 0.15) is 0 Å². The van der Waals surface area contributed by atoms with Crippen LogP contribution in [-0.4, -0.2) is 37.5 Å². The Hall–Kier alpha value is -2.61. The van der Waals surface area contributed by atoms with E-state index >= 15 is 0 Å². The van der Waals surface area contributed by atoms with Crippen molar-refractivity contribution in [3.63, 3.8) is 0 Å². The number of amides is 1. The second kappa shape index (κ2) is 12.6. The smallest absolute Gasteiger partial charge is 0.228 e. The maximum absolute atomic E-state index is 13.1. The normalized spacial score (nSPS) is 16.5. The highest BCUT2D eigenvalue weighted by molar-refractivity contribution is 7.98. The molecule has 1 amide bonds. The molecule has 0 aliphatic carbocycles. The molecular formula is C29H34N2O3S2. The fourth-order valence-electron chi connectivity index (χ4n) is 4.52. The van der Waals surface area contributed by atoms with Crippen LogP contribution in [0.25, 0.3) is 0 Å². The number of benzene rings is 3. The molecule has 190 valence electrons. The van der Waals surface area contributed by atoms with E-state index in [-0.39, 0.29) is 24.1 Å². The predicted octanol–water partition coefficient (Wildman–Crippen LogP) is 5.90. The standard InChI is InChI=1S/C29H34N2O3S2/c1-23-20-25(22-35-27-14-6-3-7-15-27)16-17-28(23)30-29(32)26-13-8-18-31(21-26)36(33,34)19-9-12-24-10-4-2-5-11-24/h2-7,10-11,14-17,20,26H,8-9,12-13,18-19,21-22H2,1H3,(H,30,32). The Bertz CT molecular complexity index is 1250. The first kappa shape index (κ1) is 26.5. The van der Waals surface area contributed by atoms with Crippen LogP contribution in [0.15, 0.2) is 83.8 Å². The summed E-state index contributed by atoms with van der Waals surface area (Å²) >= 11 is 1.78. The summed E-state index contributed by atoms with van der Waals surface area (Å²) in [4.78, 5) is 14.3. The van der Waals surface area contributed by atoms with E-state index in [9.17, 15) is 13.2 Å². The number of aryl methyl sites for hydroxylation is 2. The molecular weight excluding hydrogens is 488 g/mol.